The summed E-state index contributed by atoms with van der Waals surface area (Å²) in [7, 11) is 0. The molecule has 0 aromatic heterocycles. The Bertz CT molecular complexity index is 79.8. The summed E-state index contributed by atoms with van der Waals surface area (Å²) in [6.45, 7) is 3.28. The summed E-state index contributed by atoms with van der Waals surface area (Å²) < 4.78 is 0. The Hall–Kier alpha value is -0.830. The lowest BCUT2D eigenvalue weighted by molar-refractivity contribution is -0.128. The monoisotopic (exact) mass is 101 g/mol. The second kappa shape index (κ2) is 3.36. The molecule has 0 radical (unpaired) electrons. The van der Waals surface area contributed by atoms with E-state index in [0.29, 0.717) is 0 Å². The molecule has 0 rings (SSSR count). The van der Waals surface area contributed by atoms with Crippen LogP contribution in [0.3, 0.4) is 0 Å². The molecular formula is C4H7NO2. The summed E-state index contributed by atoms with van der Waals surface area (Å²) in [5, 5.41) is 7.82. The maximum absolute atomic E-state index is 9.98. The average molecular weight is 101 g/mol. The largest absolute Gasteiger partial charge is 0.289 e. The van der Waals surface area contributed by atoms with Crippen molar-refractivity contribution in [3.63, 3.8) is 0 Å². The second-order valence-corrected chi connectivity index (χ2v) is 1.03. The zero-order valence-electron chi connectivity index (χ0n) is 3.85. The van der Waals surface area contributed by atoms with Crippen molar-refractivity contribution in [2.24, 2.45) is 0 Å². The molecule has 0 saturated heterocycles. The Labute approximate surface area is 41.6 Å². The van der Waals surface area contributed by atoms with Gasteiger partial charge in [-0.2, -0.15) is 0 Å². The standard InChI is InChI=1S/C4H7NO2/c1-2-3-4(6)5-7/h2,7H,1,3H2,(H,5,6). The molecule has 0 aliphatic heterocycles. The maximum Gasteiger partial charge on any atom is 0.247 e. The Morgan fingerprint density at radius 2 is 2.57 bits per heavy atom. The minimum Gasteiger partial charge on any atom is -0.289 e. The summed E-state index contributed by atoms with van der Waals surface area (Å²) in [5.41, 5.74) is 1.46. The fourth-order valence-electron chi connectivity index (χ4n) is 0.177. The molecular weight excluding hydrogens is 94.0 g/mol. The van der Waals surface area contributed by atoms with Gasteiger partial charge >= 0.3 is 0 Å². The summed E-state index contributed by atoms with van der Waals surface area (Å²) in [5.74, 6) is -0.435. The first-order chi connectivity index (χ1) is 3.31. The Morgan fingerprint density at radius 3 is 2.71 bits per heavy atom. The molecule has 7 heavy (non-hydrogen) atoms. The summed E-state index contributed by atoms with van der Waals surface area (Å²) in [6, 6.07) is 0. The van der Waals surface area contributed by atoms with Gasteiger partial charge in [-0.05, 0) is 0 Å². The van der Waals surface area contributed by atoms with Gasteiger partial charge in [-0.25, -0.2) is 5.48 Å². The van der Waals surface area contributed by atoms with Gasteiger partial charge in [0.2, 0.25) is 5.91 Å². The lowest BCUT2D eigenvalue weighted by atomic mass is 10.4. The number of carbonyl (C=O) groups excluding carboxylic acids is 1. The number of hydroxylamine groups is 1. The van der Waals surface area contributed by atoms with Gasteiger partial charge in [0.05, 0.1) is 0 Å². The summed E-state index contributed by atoms with van der Waals surface area (Å²) >= 11 is 0. The zero-order chi connectivity index (χ0) is 5.70. The van der Waals surface area contributed by atoms with Crippen molar-refractivity contribution >= 4 is 5.91 Å². The van der Waals surface area contributed by atoms with Gasteiger partial charge in [-0.15, -0.1) is 6.58 Å². The van der Waals surface area contributed by atoms with Crippen LogP contribution >= 0.6 is 0 Å². The average Bonchev–Trinajstić information content (AvgIpc) is 1.68. The molecule has 0 atom stereocenters. The summed E-state index contributed by atoms with van der Waals surface area (Å²) in [6.07, 6.45) is 1.57. The van der Waals surface area contributed by atoms with E-state index in [-0.39, 0.29) is 6.42 Å². The van der Waals surface area contributed by atoms with Gasteiger partial charge in [-0.3, -0.25) is 10.0 Å². The fraction of sp³-hybridized carbons (Fsp3) is 0.250. The molecule has 3 nitrogen and oxygen atoms in total. The van der Waals surface area contributed by atoms with Gasteiger partial charge in [0.25, 0.3) is 0 Å². The smallest absolute Gasteiger partial charge is 0.247 e. The molecule has 0 fully saturated rings. The molecule has 0 aromatic carbocycles. The molecule has 0 spiro atoms. The van der Waals surface area contributed by atoms with Crippen molar-refractivity contribution in [1.82, 2.24) is 5.48 Å². The van der Waals surface area contributed by atoms with Crippen LogP contribution in [0.5, 0.6) is 0 Å². The molecule has 0 aromatic rings. The van der Waals surface area contributed by atoms with Crippen LogP contribution in [0.25, 0.3) is 0 Å². The van der Waals surface area contributed by atoms with Crippen LogP contribution < -0.4 is 5.48 Å². The van der Waals surface area contributed by atoms with Crippen molar-refractivity contribution < 1.29 is 10.0 Å². The van der Waals surface area contributed by atoms with Crippen LogP contribution in [0.1, 0.15) is 6.42 Å². The first-order valence-electron chi connectivity index (χ1n) is 1.85. The van der Waals surface area contributed by atoms with Crippen molar-refractivity contribution in [2.75, 3.05) is 0 Å². The number of hydrogen-bond donors (Lipinski definition) is 2. The fourth-order valence-corrected chi connectivity index (χ4v) is 0.177. The normalized spacial score (nSPS) is 7.57. The Kier molecular flexibility index (Phi) is 2.96. The Balaban J connectivity index is 3.17. The van der Waals surface area contributed by atoms with Gasteiger partial charge in [0, 0.05) is 6.42 Å². The lowest BCUT2D eigenvalue weighted by Crippen LogP contribution is -2.16. The maximum atomic E-state index is 9.98. The van der Waals surface area contributed by atoms with E-state index in [4.69, 9.17) is 5.21 Å². The van der Waals surface area contributed by atoms with E-state index in [1.807, 2.05) is 0 Å². The second-order valence-electron chi connectivity index (χ2n) is 1.03. The van der Waals surface area contributed by atoms with Crippen LogP contribution in [0.2, 0.25) is 0 Å². The lowest BCUT2D eigenvalue weighted by Gasteiger charge is -1.87. The first-order valence-corrected chi connectivity index (χ1v) is 1.85. The van der Waals surface area contributed by atoms with Crippen molar-refractivity contribution in [2.45, 2.75) is 6.42 Å². The van der Waals surface area contributed by atoms with E-state index in [9.17, 15) is 4.79 Å². The minimum absolute atomic E-state index is 0.163. The molecule has 0 unspecified atom stereocenters. The molecule has 0 heterocycles. The molecule has 0 bridgehead atoms. The molecule has 1 amide bonds. The molecule has 40 valence electrons. The molecule has 0 aliphatic rings. The topological polar surface area (TPSA) is 49.3 Å². The van der Waals surface area contributed by atoms with Gasteiger partial charge in [0.15, 0.2) is 0 Å². The predicted molar refractivity (Wildman–Crippen MR) is 24.7 cm³/mol. The van der Waals surface area contributed by atoms with Gasteiger partial charge < -0.3 is 0 Å². The van der Waals surface area contributed by atoms with E-state index >= 15 is 0 Å². The van der Waals surface area contributed by atoms with Gasteiger partial charge in [-0.1, -0.05) is 6.08 Å². The predicted octanol–water partition coefficient (Wildman–Crippen LogP) is 0.0679. The van der Waals surface area contributed by atoms with Crippen molar-refractivity contribution in [1.29, 1.82) is 0 Å². The van der Waals surface area contributed by atoms with E-state index in [2.05, 4.69) is 6.58 Å². The van der Waals surface area contributed by atoms with Crippen LogP contribution in [0.4, 0.5) is 0 Å². The molecule has 0 saturated carbocycles. The SMILES string of the molecule is C=CCC(=O)NO. The highest BCUT2D eigenvalue weighted by molar-refractivity contribution is 5.75. The van der Waals surface area contributed by atoms with Crippen LogP contribution in [0, 0.1) is 0 Å². The van der Waals surface area contributed by atoms with Crippen LogP contribution in [-0.2, 0) is 4.79 Å². The summed E-state index contributed by atoms with van der Waals surface area (Å²) in [4.78, 5) is 9.98. The van der Waals surface area contributed by atoms with E-state index in [1.165, 1.54) is 11.6 Å². The van der Waals surface area contributed by atoms with E-state index in [1.54, 1.807) is 0 Å². The first kappa shape index (κ1) is 6.17. The number of amides is 1. The number of carbonyl (C=O) groups is 1. The molecule has 2 N–H and O–H groups in total. The minimum atomic E-state index is -0.435. The van der Waals surface area contributed by atoms with E-state index < -0.39 is 5.91 Å². The number of nitrogens with one attached hydrogen (secondary N) is 1. The number of rotatable bonds is 2. The van der Waals surface area contributed by atoms with Crippen molar-refractivity contribution in [3.05, 3.63) is 12.7 Å². The third-order valence-electron chi connectivity index (χ3n) is 0.454. The van der Waals surface area contributed by atoms with Crippen LogP contribution in [-0.4, -0.2) is 11.1 Å². The highest BCUT2D eigenvalue weighted by Gasteiger charge is 1.88. The zero-order valence-corrected chi connectivity index (χ0v) is 3.85. The highest BCUT2D eigenvalue weighted by Crippen LogP contribution is 1.74. The van der Waals surface area contributed by atoms with Crippen molar-refractivity contribution in [3.8, 4) is 0 Å². The molecule has 0 aliphatic carbocycles. The highest BCUT2D eigenvalue weighted by atomic mass is 16.5. The Morgan fingerprint density at radius 1 is 2.00 bits per heavy atom. The van der Waals surface area contributed by atoms with E-state index in [0.717, 1.165) is 0 Å². The van der Waals surface area contributed by atoms with Crippen LogP contribution in [0.15, 0.2) is 12.7 Å². The third-order valence-corrected chi connectivity index (χ3v) is 0.454. The third kappa shape index (κ3) is 2.99. The molecule has 3 heteroatoms. The van der Waals surface area contributed by atoms with Gasteiger partial charge in [0.1, 0.15) is 0 Å². The quantitative estimate of drug-likeness (QED) is 0.294. The number of hydrogen-bond acceptors (Lipinski definition) is 2.